The van der Waals surface area contributed by atoms with Crippen LogP contribution in [0.3, 0.4) is 0 Å². The summed E-state index contributed by atoms with van der Waals surface area (Å²) in [6.45, 7) is 0.998. The molecule has 1 aliphatic rings. The van der Waals surface area contributed by atoms with E-state index in [1.165, 1.54) is 24.6 Å². The Labute approximate surface area is 118 Å². The lowest BCUT2D eigenvalue weighted by atomic mass is 10.3. The van der Waals surface area contributed by atoms with Gasteiger partial charge in [0.1, 0.15) is 5.82 Å². The number of anilines is 1. The van der Waals surface area contributed by atoms with Crippen LogP contribution in [-0.4, -0.2) is 27.8 Å². The second-order valence-electron chi connectivity index (χ2n) is 4.41. The van der Waals surface area contributed by atoms with Crippen LogP contribution in [0.5, 0.6) is 0 Å². The van der Waals surface area contributed by atoms with Gasteiger partial charge in [-0.25, -0.2) is 15.0 Å². The van der Waals surface area contributed by atoms with Gasteiger partial charge in [0.25, 0.3) is 0 Å². The molecule has 0 radical (unpaired) electrons. The number of pyridine rings is 1. The number of hydrogen-bond acceptors (Lipinski definition) is 5. The van der Waals surface area contributed by atoms with E-state index in [1.807, 2.05) is 18.5 Å². The molecule has 2 aromatic heterocycles. The highest BCUT2D eigenvalue weighted by molar-refractivity contribution is 9.10. The van der Waals surface area contributed by atoms with Crippen molar-refractivity contribution in [1.82, 2.24) is 15.0 Å². The number of hydrogen-bond donors (Lipinski definition) is 1. The minimum absolute atomic E-state index is 0.746. The Hall–Kier alpha value is -0.880. The number of thioether (sulfide) groups is 1. The van der Waals surface area contributed by atoms with Crippen LogP contribution in [0.1, 0.15) is 12.8 Å². The quantitative estimate of drug-likeness (QED) is 0.690. The van der Waals surface area contributed by atoms with E-state index in [4.69, 9.17) is 0 Å². The van der Waals surface area contributed by atoms with Crippen LogP contribution >= 0.6 is 27.7 Å². The fraction of sp³-hybridized carbons (Fsp3) is 0.417. The molecule has 0 aliphatic heterocycles. The highest BCUT2D eigenvalue weighted by Crippen LogP contribution is 2.30. The van der Waals surface area contributed by atoms with Gasteiger partial charge in [0.2, 0.25) is 0 Å². The minimum Gasteiger partial charge on any atom is -0.369 e. The van der Waals surface area contributed by atoms with Gasteiger partial charge in [-0.1, -0.05) is 11.8 Å². The van der Waals surface area contributed by atoms with E-state index < -0.39 is 0 Å². The van der Waals surface area contributed by atoms with Gasteiger partial charge >= 0.3 is 0 Å². The third-order valence-corrected chi connectivity index (χ3v) is 4.10. The highest BCUT2D eigenvalue weighted by Gasteiger charge is 2.21. The van der Waals surface area contributed by atoms with Crippen molar-refractivity contribution >= 4 is 44.5 Å². The molecule has 3 rings (SSSR count). The fourth-order valence-corrected chi connectivity index (χ4v) is 2.52. The third-order valence-electron chi connectivity index (χ3n) is 2.94. The summed E-state index contributed by atoms with van der Waals surface area (Å²) in [5.74, 6) is 1.70. The first-order valence-corrected chi connectivity index (χ1v) is 7.89. The molecule has 1 aliphatic carbocycles. The monoisotopic (exact) mass is 324 g/mol. The summed E-state index contributed by atoms with van der Waals surface area (Å²) in [4.78, 5) is 13.2. The van der Waals surface area contributed by atoms with Gasteiger partial charge in [0.05, 0.1) is 4.47 Å². The average molecular weight is 325 g/mol. The van der Waals surface area contributed by atoms with Gasteiger partial charge in [0, 0.05) is 18.1 Å². The Morgan fingerprint density at radius 2 is 2.28 bits per heavy atom. The van der Waals surface area contributed by atoms with Gasteiger partial charge < -0.3 is 5.32 Å². The molecule has 6 heteroatoms. The maximum Gasteiger partial charge on any atom is 0.189 e. The van der Waals surface area contributed by atoms with E-state index >= 15 is 0 Å². The predicted molar refractivity (Wildman–Crippen MR) is 78.0 cm³/mol. The summed E-state index contributed by atoms with van der Waals surface area (Å²) in [5.41, 5.74) is 0.746. The first-order chi connectivity index (χ1) is 8.76. The first kappa shape index (κ1) is 12.2. The van der Waals surface area contributed by atoms with Crippen LogP contribution in [0.15, 0.2) is 21.9 Å². The molecule has 1 N–H and O–H groups in total. The normalized spacial score (nSPS) is 15.0. The molecule has 4 nitrogen and oxygen atoms in total. The summed E-state index contributed by atoms with van der Waals surface area (Å²) in [6, 6.07) is 2.02. The van der Waals surface area contributed by atoms with Gasteiger partial charge in [-0.2, -0.15) is 0 Å². The fourth-order valence-electron chi connectivity index (χ4n) is 1.71. The van der Waals surface area contributed by atoms with Crippen molar-refractivity contribution in [2.24, 2.45) is 5.92 Å². The van der Waals surface area contributed by atoms with E-state index in [9.17, 15) is 0 Å². The lowest BCUT2D eigenvalue weighted by Crippen LogP contribution is -2.06. The highest BCUT2D eigenvalue weighted by atomic mass is 79.9. The molecule has 1 saturated carbocycles. The molecule has 0 bridgehead atoms. The zero-order chi connectivity index (χ0) is 12.5. The van der Waals surface area contributed by atoms with Crippen LogP contribution in [0.25, 0.3) is 11.0 Å². The summed E-state index contributed by atoms with van der Waals surface area (Å²) < 4.78 is 0.969. The molecule has 1 fully saturated rings. The molecule has 2 aromatic rings. The summed E-state index contributed by atoms with van der Waals surface area (Å²) in [6.07, 6.45) is 6.44. The Morgan fingerprint density at radius 1 is 1.44 bits per heavy atom. The number of halogens is 1. The second kappa shape index (κ2) is 5.01. The van der Waals surface area contributed by atoms with Crippen molar-refractivity contribution < 1.29 is 0 Å². The van der Waals surface area contributed by atoms with Crippen molar-refractivity contribution in [3.63, 3.8) is 0 Å². The predicted octanol–water partition coefficient (Wildman–Crippen LogP) is 3.33. The molecule has 2 heterocycles. The van der Waals surface area contributed by atoms with Crippen LogP contribution in [-0.2, 0) is 0 Å². The zero-order valence-corrected chi connectivity index (χ0v) is 12.4. The summed E-state index contributed by atoms with van der Waals surface area (Å²) in [7, 11) is 0. The van der Waals surface area contributed by atoms with Crippen LogP contribution in [0.4, 0.5) is 5.82 Å². The maximum atomic E-state index is 4.56. The summed E-state index contributed by atoms with van der Waals surface area (Å²) >= 11 is 5.07. The van der Waals surface area contributed by atoms with Gasteiger partial charge in [-0.05, 0) is 47.0 Å². The van der Waals surface area contributed by atoms with Crippen molar-refractivity contribution in [1.29, 1.82) is 0 Å². The van der Waals surface area contributed by atoms with Crippen LogP contribution < -0.4 is 5.32 Å². The van der Waals surface area contributed by atoms with E-state index in [0.717, 1.165) is 38.9 Å². The molecule has 0 amide bonds. The zero-order valence-electron chi connectivity index (χ0n) is 9.98. The Bertz CT molecular complexity index is 586. The standard InChI is InChI=1S/C12H13BrN4S/c1-18-12-15-6-8-4-9(13)11(16-10(8)17-12)14-5-7-2-3-7/h4,6-7H,2-3,5H2,1H3,(H,14,15,16,17). The van der Waals surface area contributed by atoms with Crippen LogP contribution in [0.2, 0.25) is 0 Å². The van der Waals surface area contributed by atoms with Crippen molar-refractivity contribution in [3.8, 4) is 0 Å². The second-order valence-corrected chi connectivity index (χ2v) is 6.04. The number of fused-ring (bicyclic) bond motifs is 1. The van der Waals surface area contributed by atoms with E-state index in [-0.39, 0.29) is 0 Å². The average Bonchev–Trinajstić information content (AvgIpc) is 3.20. The van der Waals surface area contributed by atoms with Gasteiger partial charge in [0.15, 0.2) is 10.8 Å². The Kier molecular flexibility index (Phi) is 3.39. The Morgan fingerprint density at radius 3 is 3.00 bits per heavy atom. The number of rotatable bonds is 4. The Balaban J connectivity index is 1.94. The van der Waals surface area contributed by atoms with Crippen molar-refractivity contribution in [3.05, 3.63) is 16.7 Å². The van der Waals surface area contributed by atoms with E-state index in [1.54, 1.807) is 0 Å². The van der Waals surface area contributed by atoms with Gasteiger partial charge in [-0.15, -0.1) is 0 Å². The molecule has 0 atom stereocenters. The number of nitrogens with one attached hydrogen (secondary N) is 1. The number of nitrogens with zero attached hydrogens (tertiary/aromatic N) is 3. The smallest absolute Gasteiger partial charge is 0.189 e. The summed E-state index contributed by atoms with van der Waals surface area (Å²) in [5, 5.41) is 5.09. The lowest BCUT2D eigenvalue weighted by Gasteiger charge is -2.08. The van der Waals surface area contributed by atoms with Crippen molar-refractivity contribution in [2.75, 3.05) is 18.1 Å². The molecule has 0 spiro atoms. The molecular formula is C12H13BrN4S. The lowest BCUT2D eigenvalue weighted by molar-refractivity contribution is 0.881. The van der Waals surface area contributed by atoms with E-state index in [2.05, 4.69) is 36.2 Å². The molecule has 18 heavy (non-hydrogen) atoms. The molecule has 0 saturated heterocycles. The topological polar surface area (TPSA) is 50.7 Å². The molecule has 0 aromatic carbocycles. The molecule has 0 unspecified atom stereocenters. The maximum absolute atomic E-state index is 4.56. The minimum atomic E-state index is 0.746. The van der Waals surface area contributed by atoms with Crippen LogP contribution in [0, 0.1) is 5.92 Å². The third kappa shape index (κ3) is 2.59. The van der Waals surface area contributed by atoms with Crippen molar-refractivity contribution in [2.45, 2.75) is 18.0 Å². The van der Waals surface area contributed by atoms with Gasteiger partial charge in [-0.3, -0.25) is 0 Å². The van der Waals surface area contributed by atoms with E-state index in [0.29, 0.717) is 0 Å². The molecule has 94 valence electrons. The SMILES string of the molecule is CSc1ncc2cc(Br)c(NCC3CC3)nc2n1. The molecular weight excluding hydrogens is 312 g/mol. The number of aromatic nitrogens is 3. The first-order valence-electron chi connectivity index (χ1n) is 5.87. The largest absolute Gasteiger partial charge is 0.369 e.